The van der Waals surface area contributed by atoms with E-state index in [0.717, 1.165) is 45.6 Å². The lowest BCUT2D eigenvalue weighted by atomic mass is 9.95. The Morgan fingerprint density at radius 2 is 2.10 bits per heavy atom. The van der Waals surface area contributed by atoms with Crippen LogP contribution in [0.25, 0.3) is 0 Å². The van der Waals surface area contributed by atoms with E-state index < -0.39 is 11.5 Å². The minimum absolute atomic E-state index is 0.635. The molecule has 0 aromatic carbocycles. The summed E-state index contributed by atoms with van der Waals surface area (Å²) in [7, 11) is 1.72. The highest BCUT2D eigenvalue weighted by Gasteiger charge is 2.30. The quantitative estimate of drug-likeness (QED) is 0.657. The number of hydrogen-bond acceptors (Lipinski definition) is 4. The minimum Gasteiger partial charge on any atom is -0.480 e. The molecule has 1 heterocycles. The first-order valence-corrected chi connectivity index (χ1v) is 7.81. The van der Waals surface area contributed by atoms with Crippen LogP contribution >= 0.6 is 0 Å². The lowest BCUT2D eigenvalue weighted by Gasteiger charge is -2.39. The van der Waals surface area contributed by atoms with Crippen molar-refractivity contribution in [1.82, 2.24) is 15.1 Å². The van der Waals surface area contributed by atoms with Crippen molar-refractivity contribution in [3.05, 3.63) is 0 Å². The summed E-state index contributed by atoms with van der Waals surface area (Å²) in [5.41, 5.74) is -0.784. The third-order valence-electron chi connectivity index (χ3n) is 4.68. The molecule has 0 amide bonds. The van der Waals surface area contributed by atoms with Gasteiger partial charge in [-0.25, -0.2) is 0 Å². The normalized spacial score (nSPS) is 24.5. The number of carboxylic acid groups (broad SMARTS) is 1. The van der Waals surface area contributed by atoms with Gasteiger partial charge >= 0.3 is 5.97 Å². The number of carboxylic acids is 1. The summed E-state index contributed by atoms with van der Waals surface area (Å²) in [5, 5.41) is 12.1. The summed E-state index contributed by atoms with van der Waals surface area (Å²) in [6.07, 6.45) is 2.71. The van der Waals surface area contributed by atoms with Gasteiger partial charge in [0.15, 0.2) is 0 Å². The number of nitrogens with one attached hydrogen (secondary N) is 1. The van der Waals surface area contributed by atoms with Crippen LogP contribution in [0, 0.1) is 0 Å². The van der Waals surface area contributed by atoms with Gasteiger partial charge in [0.25, 0.3) is 0 Å². The summed E-state index contributed by atoms with van der Waals surface area (Å²) in [6.45, 7) is 11.9. The number of hydrogen-bond donors (Lipinski definition) is 2. The second-order valence-corrected chi connectivity index (χ2v) is 6.12. The maximum absolute atomic E-state index is 11.2. The molecule has 1 fully saturated rings. The third-order valence-corrected chi connectivity index (χ3v) is 4.68. The molecule has 0 radical (unpaired) electrons. The fraction of sp³-hybridized carbons (Fsp3) is 0.933. The van der Waals surface area contributed by atoms with Crippen LogP contribution in [0.3, 0.4) is 0 Å². The van der Waals surface area contributed by atoms with E-state index >= 15 is 0 Å². The van der Waals surface area contributed by atoms with Crippen LogP contribution in [-0.4, -0.2) is 72.2 Å². The SMILES string of the molecule is CCN1CCN(CCCCC(C)(NC)C(=O)O)CC1C. The van der Waals surface area contributed by atoms with Gasteiger partial charge in [0.1, 0.15) is 5.54 Å². The summed E-state index contributed by atoms with van der Waals surface area (Å²) in [6, 6.07) is 0.635. The standard InChI is InChI=1S/C15H31N3O2/c1-5-18-11-10-17(12-13(18)2)9-7-6-8-15(3,16-4)14(19)20/h13,16H,5-12H2,1-4H3,(H,19,20). The molecule has 1 rings (SSSR count). The molecule has 2 atom stereocenters. The number of unbranched alkanes of at least 4 members (excludes halogenated alkanes) is 1. The van der Waals surface area contributed by atoms with Gasteiger partial charge in [0.05, 0.1) is 0 Å². The molecule has 0 saturated carbocycles. The van der Waals surface area contributed by atoms with E-state index in [4.69, 9.17) is 0 Å². The van der Waals surface area contributed by atoms with Crippen LogP contribution in [-0.2, 0) is 4.79 Å². The minimum atomic E-state index is -0.784. The Kier molecular flexibility index (Phi) is 6.92. The summed E-state index contributed by atoms with van der Waals surface area (Å²) < 4.78 is 0. The Morgan fingerprint density at radius 3 is 2.60 bits per heavy atom. The average Bonchev–Trinajstić information content (AvgIpc) is 2.43. The highest BCUT2D eigenvalue weighted by atomic mass is 16.4. The van der Waals surface area contributed by atoms with E-state index in [1.165, 1.54) is 0 Å². The second kappa shape index (κ2) is 7.96. The van der Waals surface area contributed by atoms with Gasteiger partial charge in [0, 0.05) is 25.7 Å². The molecule has 118 valence electrons. The van der Waals surface area contributed by atoms with E-state index in [1.54, 1.807) is 14.0 Å². The molecule has 2 N–H and O–H groups in total. The zero-order valence-electron chi connectivity index (χ0n) is 13.5. The van der Waals surface area contributed by atoms with Crippen molar-refractivity contribution in [2.75, 3.05) is 39.8 Å². The predicted molar refractivity (Wildman–Crippen MR) is 82.1 cm³/mol. The molecule has 5 nitrogen and oxygen atoms in total. The third kappa shape index (κ3) is 4.72. The Hall–Kier alpha value is -0.650. The van der Waals surface area contributed by atoms with Gasteiger partial charge in [-0.3, -0.25) is 9.69 Å². The lowest BCUT2D eigenvalue weighted by molar-refractivity contribution is -0.144. The van der Waals surface area contributed by atoms with Gasteiger partial charge < -0.3 is 15.3 Å². The first kappa shape index (κ1) is 17.4. The maximum atomic E-state index is 11.2. The van der Waals surface area contributed by atoms with E-state index in [2.05, 4.69) is 29.0 Å². The molecule has 1 aliphatic heterocycles. The van der Waals surface area contributed by atoms with E-state index in [1.807, 2.05) is 0 Å². The molecule has 1 aliphatic rings. The summed E-state index contributed by atoms with van der Waals surface area (Å²) in [5.74, 6) is -0.759. The van der Waals surface area contributed by atoms with Gasteiger partial charge in [0.2, 0.25) is 0 Å². The zero-order valence-corrected chi connectivity index (χ0v) is 13.5. The molecule has 2 unspecified atom stereocenters. The average molecular weight is 285 g/mol. The van der Waals surface area contributed by atoms with Gasteiger partial charge in [-0.2, -0.15) is 0 Å². The molecule has 0 aliphatic carbocycles. The summed E-state index contributed by atoms with van der Waals surface area (Å²) in [4.78, 5) is 16.2. The van der Waals surface area contributed by atoms with Crippen molar-refractivity contribution in [3.63, 3.8) is 0 Å². The largest absolute Gasteiger partial charge is 0.480 e. The van der Waals surface area contributed by atoms with Gasteiger partial charge in [-0.15, -0.1) is 0 Å². The second-order valence-electron chi connectivity index (χ2n) is 6.12. The number of piperazine rings is 1. The Morgan fingerprint density at radius 1 is 1.40 bits per heavy atom. The van der Waals surface area contributed by atoms with E-state index in [-0.39, 0.29) is 0 Å². The van der Waals surface area contributed by atoms with Crippen LogP contribution in [0.1, 0.15) is 40.0 Å². The van der Waals surface area contributed by atoms with Crippen molar-refractivity contribution in [2.24, 2.45) is 0 Å². The monoisotopic (exact) mass is 285 g/mol. The molecule has 0 spiro atoms. The predicted octanol–water partition coefficient (Wildman–Crippen LogP) is 1.25. The fourth-order valence-corrected chi connectivity index (χ4v) is 2.90. The Labute approximate surface area is 123 Å². The number of rotatable bonds is 8. The molecular formula is C15H31N3O2. The molecule has 0 aromatic rings. The summed E-state index contributed by atoms with van der Waals surface area (Å²) >= 11 is 0. The molecule has 0 bridgehead atoms. The smallest absolute Gasteiger partial charge is 0.323 e. The highest BCUT2D eigenvalue weighted by Crippen LogP contribution is 2.15. The van der Waals surface area contributed by atoms with Gasteiger partial charge in [-0.05, 0) is 53.2 Å². The fourth-order valence-electron chi connectivity index (χ4n) is 2.90. The van der Waals surface area contributed by atoms with Crippen LogP contribution in [0.4, 0.5) is 0 Å². The lowest BCUT2D eigenvalue weighted by Crippen LogP contribution is -2.51. The first-order valence-electron chi connectivity index (χ1n) is 7.81. The van der Waals surface area contributed by atoms with Crippen molar-refractivity contribution >= 4 is 5.97 Å². The highest BCUT2D eigenvalue weighted by molar-refractivity contribution is 5.78. The van der Waals surface area contributed by atoms with Crippen LogP contribution < -0.4 is 5.32 Å². The maximum Gasteiger partial charge on any atom is 0.323 e. The Balaban J connectivity index is 2.24. The number of aliphatic carboxylic acids is 1. The van der Waals surface area contributed by atoms with E-state index in [9.17, 15) is 9.90 Å². The van der Waals surface area contributed by atoms with Gasteiger partial charge in [-0.1, -0.05) is 6.92 Å². The molecule has 0 aromatic heterocycles. The number of carbonyl (C=O) groups is 1. The molecular weight excluding hydrogens is 254 g/mol. The van der Waals surface area contributed by atoms with Crippen molar-refractivity contribution in [1.29, 1.82) is 0 Å². The topological polar surface area (TPSA) is 55.8 Å². The first-order chi connectivity index (χ1) is 9.42. The number of nitrogens with zero attached hydrogens (tertiary/aromatic N) is 2. The van der Waals surface area contributed by atoms with Crippen LogP contribution in [0.5, 0.6) is 0 Å². The van der Waals surface area contributed by atoms with Crippen LogP contribution in [0.15, 0.2) is 0 Å². The zero-order chi connectivity index (χ0) is 15.2. The van der Waals surface area contributed by atoms with Crippen molar-refractivity contribution < 1.29 is 9.90 Å². The van der Waals surface area contributed by atoms with Crippen molar-refractivity contribution in [3.8, 4) is 0 Å². The molecule has 20 heavy (non-hydrogen) atoms. The van der Waals surface area contributed by atoms with Crippen molar-refractivity contribution in [2.45, 2.75) is 51.6 Å². The Bertz CT molecular complexity index is 311. The van der Waals surface area contributed by atoms with E-state index in [0.29, 0.717) is 12.5 Å². The number of likely N-dealkylation sites (N-methyl/N-ethyl adjacent to an activating group) is 2. The molecule has 5 heteroatoms. The molecule has 1 saturated heterocycles. The van der Waals surface area contributed by atoms with Crippen LogP contribution in [0.2, 0.25) is 0 Å².